The number of nitro groups is 1. The average molecular weight is 485 g/mol. The van der Waals surface area contributed by atoms with Crippen LogP contribution in [0.4, 0.5) is 22.7 Å². The van der Waals surface area contributed by atoms with Crippen molar-refractivity contribution in [3.63, 3.8) is 0 Å². The molecule has 186 valence electrons. The van der Waals surface area contributed by atoms with Crippen molar-refractivity contribution in [3.05, 3.63) is 52.1 Å². The highest BCUT2D eigenvalue weighted by Gasteiger charge is 2.25. The van der Waals surface area contributed by atoms with Gasteiger partial charge in [0.05, 0.1) is 23.3 Å². The van der Waals surface area contributed by atoms with E-state index in [2.05, 4.69) is 17.6 Å². The van der Waals surface area contributed by atoms with E-state index in [9.17, 15) is 24.5 Å². The Bertz CT molecular complexity index is 1130. The maximum Gasteiger partial charge on any atom is 0.338 e. The lowest BCUT2D eigenvalue weighted by Gasteiger charge is -2.32. The molecule has 0 bridgehead atoms. The van der Waals surface area contributed by atoms with Crippen LogP contribution in [-0.2, 0) is 14.3 Å². The van der Waals surface area contributed by atoms with E-state index in [-0.39, 0.29) is 22.8 Å². The number of carbonyl (C=O) groups is 3. The van der Waals surface area contributed by atoms with Crippen molar-refractivity contribution in [2.45, 2.75) is 26.7 Å². The molecule has 2 N–H and O–H groups in total. The highest BCUT2D eigenvalue weighted by molar-refractivity contribution is 5.98. The van der Waals surface area contributed by atoms with Crippen LogP contribution in [0.2, 0.25) is 0 Å². The zero-order valence-electron chi connectivity index (χ0n) is 19.8. The molecule has 1 atom stereocenters. The van der Waals surface area contributed by atoms with E-state index in [0.29, 0.717) is 36.1 Å². The summed E-state index contributed by atoms with van der Waals surface area (Å²) >= 11 is 0. The number of hydrogen-bond acceptors (Lipinski definition) is 8. The third-order valence-electron chi connectivity index (χ3n) is 5.53. The first-order chi connectivity index (χ1) is 16.7. The number of nitrogens with one attached hydrogen (secondary N) is 2. The molecule has 3 rings (SSSR count). The molecule has 0 spiro atoms. The van der Waals surface area contributed by atoms with E-state index in [1.807, 2.05) is 4.90 Å². The predicted molar refractivity (Wildman–Crippen MR) is 130 cm³/mol. The van der Waals surface area contributed by atoms with E-state index in [1.165, 1.54) is 32.2 Å². The van der Waals surface area contributed by atoms with Crippen LogP contribution in [0.1, 0.15) is 37.0 Å². The molecule has 0 radical (unpaired) electrons. The Hall–Kier alpha value is -4.15. The first kappa shape index (κ1) is 25.5. The van der Waals surface area contributed by atoms with Gasteiger partial charge in [-0.3, -0.25) is 19.7 Å². The maximum absolute atomic E-state index is 12.5. The molecule has 1 aliphatic heterocycles. The second-order valence-electron chi connectivity index (χ2n) is 8.37. The second-order valence-corrected chi connectivity index (χ2v) is 8.37. The van der Waals surface area contributed by atoms with Crippen molar-refractivity contribution in [2.24, 2.45) is 5.92 Å². The Morgan fingerprint density at radius 3 is 2.60 bits per heavy atom. The number of benzene rings is 2. The number of amides is 2. The maximum atomic E-state index is 12.5. The molecule has 0 aromatic heterocycles. The van der Waals surface area contributed by atoms with E-state index in [0.717, 1.165) is 12.8 Å². The van der Waals surface area contributed by atoms with Crippen LogP contribution in [0, 0.1) is 16.0 Å². The number of rotatable bonds is 8. The van der Waals surface area contributed by atoms with E-state index in [1.54, 1.807) is 18.2 Å². The first-order valence-electron chi connectivity index (χ1n) is 11.1. The summed E-state index contributed by atoms with van der Waals surface area (Å²) in [6.07, 6.45) is 2.01. The van der Waals surface area contributed by atoms with E-state index < -0.39 is 23.4 Å². The van der Waals surface area contributed by atoms with Gasteiger partial charge in [-0.05, 0) is 49.1 Å². The molecular weight excluding hydrogens is 456 g/mol. The summed E-state index contributed by atoms with van der Waals surface area (Å²) in [6, 6.07) is 8.86. The Morgan fingerprint density at radius 1 is 1.17 bits per heavy atom. The normalized spacial score (nSPS) is 15.2. The third kappa shape index (κ3) is 6.69. The molecule has 1 heterocycles. The van der Waals surface area contributed by atoms with Gasteiger partial charge in [0.2, 0.25) is 5.91 Å². The van der Waals surface area contributed by atoms with E-state index >= 15 is 0 Å². The molecule has 1 aliphatic rings. The Labute approximate surface area is 202 Å². The van der Waals surface area contributed by atoms with Crippen LogP contribution in [0.15, 0.2) is 36.4 Å². The molecule has 1 fully saturated rings. The molecule has 11 nitrogen and oxygen atoms in total. The minimum atomic E-state index is -0.860. The van der Waals surface area contributed by atoms with Gasteiger partial charge in [0.25, 0.3) is 11.6 Å². The number of nitrogens with zero attached hydrogens (tertiary/aromatic N) is 2. The number of anilines is 3. The van der Waals surface area contributed by atoms with Crippen LogP contribution >= 0.6 is 0 Å². The van der Waals surface area contributed by atoms with Gasteiger partial charge in [0.1, 0.15) is 11.4 Å². The molecular formula is C24H28N4O7. The van der Waals surface area contributed by atoms with Crippen molar-refractivity contribution in [2.75, 3.05) is 42.3 Å². The molecule has 35 heavy (non-hydrogen) atoms. The smallest absolute Gasteiger partial charge is 0.338 e. The lowest BCUT2D eigenvalue weighted by Crippen LogP contribution is -2.34. The summed E-state index contributed by atoms with van der Waals surface area (Å²) in [5.74, 6) is -1.02. The predicted octanol–water partition coefficient (Wildman–Crippen LogP) is 3.59. The zero-order chi connectivity index (χ0) is 25.5. The molecule has 1 unspecified atom stereocenters. The fourth-order valence-corrected chi connectivity index (χ4v) is 3.96. The standard InChI is InChI=1S/C24H28N4O7/c1-15-5-4-10-27(13-15)20-8-6-17(11-21(20)28(32)33)24(31)35-14-23(30)26-19-12-18(25-16(2)29)7-9-22(19)34-3/h6-9,11-12,15H,4-5,10,13-14H2,1-3H3,(H,25,29)(H,26,30). The van der Waals surface area contributed by atoms with Crippen LogP contribution in [0.5, 0.6) is 5.75 Å². The summed E-state index contributed by atoms with van der Waals surface area (Å²) in [6.45, 7) is 4.25. The summed E-state index contributed by atoms with van der Waals surface area (Å²) in [5, 5.41) is 16.8. The number of esters is 1. The fourth-order valence-electron chi connectivity index (χ4n) is 3.96. The van der Waals surface area contributed by atoms with Crippen molar-refractivity contribution >= 4 is 40.5 Å². The molecule has 2 amide bonds. The van der Waals surface area contributed by atoms with Gasteiger partial charge in [-0.25, -0.2) is 4.79 Å². The van der Waals surface area contributed by atoms with Gasteiger partial charge in [-0.2, -0.15) is 0 Å². The number of methoxy groups -OCH3 is 1. The molecule has 11 heteroatoms. The summed E-state index contributed by atoms with van der Waals surface area (Å²) in [5.41, 5.74) is 0.972. The van der Waals surface area contributed by atoms with Crippen LogP contribution in [-0.4, -0.2) is 49.5 Å². The van der Waals surface area contributed by atoms with Crippen molar-refractivity contribution in [3.8, 4) is 5.75 Å². The van der Waals surface area contributed by atoms with E-state index in [4.69, 9.17) is 9.47 Å². The number of carbonyl (C=O) groups excluding carboxylic acids is 3. The van der Waals surface area contributed by atoms with Crippen molar-refractivity contribution in [1.29, 1.82) is 0 Å². The van der Waals surface area contributed by atoms with Crippen LogP contribution in [0.25, 0.3) is 0 Å². The monoisotopic (exact) mass is 484 g/mol. The van der Waals surface area contributed by atoms with Crippen LogP contribution in [0.3, 0.4) is 0 Å². The van der Waals surface area contributed by atoms with Gasteiger partial charge in [-0.15, -0.1) is 0 Å². The number of nitro benzene ring substituents is 1. The Kier molecular flexibility index (Phi) is 8.24. The highest BCUT2D eigenvalue weighted by atomic mass is 16.6. The average Bonchev–Trinajstić information content (AvgIpc) is 2.82. The Balaban J connectivity index is 1.67. The first-order valence-corrected chi connectivity index (χ1v) is 11.1. The van der Waals surface area contributed by atoms with Gasteiger partial charge in [-0.1, -0.05) is 6.92 Å². The Morgan fingerprint density at radius 2 is 1.94 bits per heavy atom. The molecule has 2 aromatic carbocycles. The topological polar surface area (TPSA) is 140 Å². The van der Waals surface area contributed by atoms with Crippen molar-refractivity contribution in [1.82, 2.24) is 0 Å². The minimum absolute atomic E-state index is 0.0245. The molecule has 1 saturated heterocycles. The number of ether oxygens (including phenoxy) is 2. The quantitative estimate of drug-likeness (QED) is 0.329. The van der Waals surface area contributed by atoms with Crippen LogP contribution < -0.4 is 20.3 Å². The summed E-state index contributed by atoms with van der Waals surface area (Å²) in [7, 11) is 1.42. The van der Waals surface area contributed by atoms with Gasteiger partial charge >= 0.3 is 5.97 Å². The van der Waals surface area contributed by atoms with Crippen molar-refractivity contribution < 1.29 is 28.8 Å². The highest BCUT2D eigenvalue weighted by Crippen LogP contribution is 2.33. The third-order valence-corrected chi connectivity index (χ3v) is 5.53. The molecule has 0 aliphatic carbocycles. The molecule has 0 saturated carbocycles. The lowest BCUT2D eigenvalue weighted by atomic mass is 9.99. The second kappa shape index (κ2) is 11.3. The lowest BCUT2D eigenvalue weighted by molar-refractivity contribution is -0.384. The summed E-state index contributed by atoms with van der Waals surface area (Å²) < 4.78 is 10.3. The largest absolute Gasteiger partial charge is 0.495 e. The van der Waals surface area contributed by atoms with Gasteiger partial charge in [0.15, 0.2) is 6.61 Å². The van der Waals surface area contributed by atoms with Gasteiger partial charge in [0, 0.05) is 31.8 Å². The number of hydrogen-bond donors (Lipinski definition) is 2. The zero-order valence-corrected chi connectivity index (χ0v) is 19.8. The fraction of sp³-hybridized carbons (Fsp3) is 0.375. The van der Waals surface area contributed by atoms with Gasteiger partial charge < -0.3 is 25.0 Å². The molecule has 2 aromatic rings. The SMILES string of the molecule is COc1ccc(NC(C)=O)cc1NC(=O)COC(=O)c1ccc(N2CCCC(C)C2)c([N+](=O)[O-])c1. The minimum Gasteiger partial charge on any atom is -0.495 e. The number of piperidine rings is 1. The summed E-state index contributed by atoms with van der Waals surface area (Å²) in [4.78, 5) is 49.3.